The number of Topliss-reactive ketones (excluding diaryl/α,β-unsaturated/α-hetero) is 2. The van der Waals surface area contributed by atoms with E-state index in [0.717, 1.165) is 0 Å². The van der Waals surface area contributed by atoms with Gasteiger partial charge in [-0.1, -0.05) is 0 Å². The minimum Gasteiger partial charge on any atom is -0.481 e. The molecule has 15 heavy (non-hydrogen) atoms. The predicted molar refractivity (Wildman–Crippen MR) is 53.5 cm³/mol. The molecule has 0 heterocycles. The standard InChI is InChI=1S/C11H16O4/c1-11(7-3-6-10(14)15)8(12)4-2-5-9(11)13/h2-7H2,1H3,(H,14,15). The fourth-order valence-corrected chi connectivity index (χ4v) is 1.99. The number of carbonyl (C=O) groups excluding carboxylic acids is 2. The summed E-state index contributed by atoms with van der Waals surface area (Å²) in [5.41, 5.74) is -0.909. The lowest BCUT2D eigenvalue weighted by atomic mass is 9.70. The number of carboxylic acid groups (broad SMARTS) is 1. The molecule has 0 aliphatic heterocycles. The number of ketones is 2. The molecule has 0 saturated heterocycles. The van der Waals surface area contributed by atoms with E-state index in [9.17, 15) is 14.4 Å². The van der Waals surface area contributed by atoms with E-state index in [1.54, 1.807) is 6.92 Å². The summed E-state index contributed by atoms with van der Waals surface area (Å²) in [5.74, 6) is -0.928. The first-order valence-corrected chi connectivity index (χ1v) is 5.25. The maximum Gasteiger partial charge on any atom is 0.303 e. The molecule has 0 unspecified atom stereocenters. The van der Waals surface area contributed by atoms with Crippen LogP contribution in [0.1, 0.15) is 45.4 Å². The SMILES string of the molecule is CC1(CCCC(=O)O)C(=O)CCCC1=O. The molecule has 0 aromatic carbocycles. The lowest BCUT2D eigenvalue weighted by Gasteiger charge is -2.30. The molecule has 0 atom stereocenters. The Morgan fingerprint density at radius 3 is 2.33 bits per heavy atom. The third-order valence-corrected chi connectivity index (χ3v) is 3.11. The van der Waals surface area contributed by atoms with Crippen molar-refractivity contribution in [3.05, 3.63) is 0 Å². The van der Waals surface area contributed by atoms with Crippen LogP contribution in [0.25, 0.3) is 0 Å². The molecule has 1 fully saturated rings. The van der Waals surface area contributed by atoms with Crippen molar-refractivity contribution in [2.75, 3.05) is 0 Å². The number of rotatable bonds is 4. The van der Waals surface area contributed by atoms with E-state index in [4.69, 9.17) is 5.11 Å². The summed E-state index contributed by atoms with van der Waals surface area (Å²) in [6.07, 6.45) is 2.34. The fraction of sp³-hybridized carbons (Fsp3) is 0.727. The zero-order valence-corrected chi connectivity index (χ0v) is 8.91. The van der Waals surface area contributed by atoms with Gasteiger partial charge < -0.3 is 5.11 Å². The highest BCUT2D eigenvalue weighted by Crippen LogP contribution is 2.34. The molecule has 0 aromatic heterocycles. The minimum absolute atomic E-state index is 0.0239. The van der Waals surface area contributed by atoms with Gasteiger partial charge in [0.15, 0.2) is 0 Å². The Morgan fingerprint density at radius 2 is 1.87 bits per heavy atom. The summed E-state index contributed by atoms with van der Waals surface area (Å²) in [6.45, 7) is 1.65. The second kappa shape index (κ2) is 4.55. The molecule has 0 aromatic rings. The van der Waals surface area contributed by atoms with Crippen LogP contribution in [0.3, 0.4) is 0 Å². The van der Waals surface area contributed by atoms with Crippen molar-refractivity contribution in [1.29, 1.82) is 0 Å². The summed E-state index contributed by atoms with van der Waals surface area (Å²) < 4.78 is 0. The van der Waals surface area contributed by atoms with Crippen LogP contribution in [0, 0.1) is 5.41 Å². The molecule has 0 amide bonds. The van der Waals surface area contributed by atoms with Crippen LogP contribution in [0.5, 0.6) is 0 Å². The molecule has 1 aliphatic rings. The van der Waals surface area contributed by atoms with Gasteiger partial charge in [0.05, 0.1) is 5.41 Å². The summed E-state index contributed by atoms with van der Waals surface area (Å²) in [4.78, 5) is 33.6. The van der Waals surface area contributed by atoms with Crippen molar-refractivity contribution in [3.63, 3.8) is 0 Å². The zero-order valence-electron chi connectivity index (χ0n) is 8.91. The number of aliphatic carboxylic acids is 1. The Balaban J connectivity index is 2.58. The molecule has 4 heteroatoms. The smallest absolute Gasteiger partial charge is 0.303 e. The van der Waals surface area contributed by atoms with Gasteiger partial charge in [-0.25, -0.2) is 0 Å². The Labute approximate surface area is 88.7 Å². The van der Waals surface area contributed by atoms with Gasteiger partial charge in [0.2, 0.25) is 0 Å². The third kappa shape index (κ3) is 2.64. The van der Waals surface area contributed by atoms with E-state index in [1.165, 1.54) is 0 Å². The van der Waals surface area contributed by atoms with Gasteiger partial charge in [-0.3, -0.25) is 14.4 Å². The molecular formula is C11H16O4. The molecule has 0 spiro atoms. The summed E-state index contributed by atoms with van der Waals surface area (Å²) in [6, 6.07) is 0. The second-order valence-corrected chi connectivity index (χ2v) is 4.28. The number of carbonyl (C=O) groups is 3. The van der Waals surface area contributed by atoms with Crippen LogP contribution in [-0.4, -0.2) is 22.6 Å². The molecule has 4 nitrogen and oxygen atoms in total. The van der Waals surface area contributed by atoms with E-state index in [2.05, 4.69) is 0 Å². The first kappa shape index (κ1) is 11.9. The first-order valence-electron chi connectivity index (χ1n) is 5.25. The van der Waals surface area contributed by atoms with E-state index in [0.29, 0.717) is 32.1 Å². The monoisotopic (exact) mass is 212 g/mol. The quantitative estimate of drug-likeness (QED) is 0.718. The van der Waals surface area contributed by atoms with Gasteiger partial charge in [-0.15, -0.1) is 0 Å². The van der Waals surface area contributed by atoms with Crippen LogP contribution in [0.15, 0.2) is 0 Å². The number of hydrogen-bond acceptors (Lipinski definition) is 3. The molecule has 1 rings (SSSR count). The average molecular weight is 212 g/mol. The van der Waals surface area contributed by atoms with Gasteiger partial charge in [0.1, 0.15) is 11.6 Å². The summed E-state index contributed by atoms with van der Waals surface area (Å²) >= 11 is 0. The second-order valence-electron chi connectivity index (χ2n) is 4.28. The highest BCUT2D eigenvalue weighted by molar-refractivity contribution is 6.08. The van der Waals surface area contributed by atoms with Gasteiger partial charge in [-0.05, 0) is 26.2 Å². The Kier molecular flexibility index (Phi) is 3.61. The Hall–Kier alpha value is -1.19. The molecule has 0 radical (unpaired) electrons. The van der Waals surface area contributed by atoms with Gasteiger partial charge in [0.25, 0.3) is 0 Å². The van der Waals surface area contributed by atoms with E-state index >= 15 is 0 Å². The van der Waals surface area contributed by atoms with Crippen molar-refractivity contribution in [3.8, 4) is 0 Å². The predicted octanol–water partition coefficient (Wildman–Crippen LogP) is 1.57. The Morgan fingerprint density at radius 1 is 1.33 bits per heavy atom. The van der Waals surface area contributed by atoms with Crippen molar-refractivity contribution in [2.24, 2.45) is 5.41 Å². The molecule has 0 bridgehead atoms. The first-order chi connectivity index (χ1) is 6.97. The van der Waals surface area contributed by atoms with Crippen LogP contribution in [0.2, 0.25) is 0 Å². The van der Waals surface area contributed by atoms with Crippen LogP contribution < -0.4 is 0 Å². The number of carboxylic acids is 1. The van der Waals surface area contributed by atoms with Gasteiger partial charge in [0, 0.05) is 19.3 Å². The molecule has 1 aliphatic carbocycles. The van der Waals surface area contributed by atoms with Crippen LogP contribution >= 0.6 is 0 Å². The molecule has 84 valence electrons. The molecule has 1 N–H and O–H groups in total. The van der Waals surface area contributed by atoms with Crippen molar-refractivity contribution in [1.82, 2.24) is 0 Å². The van der Waals surface area contributed by atoms with Crippen LogP contribution in [-0.2, 0) is 14.4 Å². The van der Waals surface area contributed by atoms with Crippen molar-refractivity contribution in [2.45, 2.75) is 45.4 Å². The molecule has 1 saturated carbocycles. The largest absolute Gasteiger partial charge is 0.481 e. The third-order valence-electron chi connectivity index (χ3n) is 3.11. The number of hydrogen-bond donors (Lipinski definition) is 1. The highest BCUT2D eigenvalue weighted by atomic mass is 16.4. The van der Waals surface area contributed by atoms with E-state index in [1.807, 2.05) is 0 Å². The average Bonchev–Trinajstić information content (AvgIpc) is 2.14. The molecular weight excluding hydrogens is 196 g/mol. The maximum atomic E-state index is 11.6. The lowest BCUT2D eigenvalue weighted by molar-refractivity contribution is -0.144. The highest BCUT2D eigenvalue weighted by Gasteiger charge is 2.41. The minimum atomic E-state index is -0.909. The maximum absolute atomic E-state index is 11.6. The van der Waals surface area contributed by atoms with Gasteiger partial charge in [-0.2, -0.15) is 0 Å². The summed E-state index contributed by atoms with van der Waals surface area (Å²) in [7, 11) is 0. The van der Waals surface area contributed by atoms with Crippen molar-refractivity contribution < 1.29 is 19.5 Å². The topological polar surface area (TPSA) is 71.4 Å². The zero-order chi connectivity index (χ0) is 11.5. The Bertz CT molecular complexity index is 277. The summed E-state index contributed by atoms with van der Waals surface area (Å²) in [5, 5.41) is 8.49. The van der Waals surface area contributed by atoms with E-state index < -0.39 is 11.4 Å². The normalized spacial score (nSPS) is 20.3. The van der Waals surface area contributed by atoms with Gasteiger partial charge >= 0.3 is 5.97 Å². The van der Waals surface area contributed by atoms with Crippen molar-refractivity contribution >= 4 is 17.5 Å². The van der Waals surface area contributed by atoms with E-state index in [-0.39, 0.29) is 18.0 Å². The fourth-order valence-electron chi connectivity index (χ4n) is 1.99. The van der Waals surface area contributed by atoms with Crippen LogP contribution in [0.4, 0.5) is 0 Å². The lowest BCUT2D eigenvalue weighted by Crippen LogP contribution is -2.39.